The van der Waals surface area contributed by atoms with E-state index >= 15 is 0 Å². The molecule has 3 fully saturated rings. The molecule has 3 unspecified atom stereocenters. The third kappa shape index (κ3) is 20.7. The number of hydrogen-bond donors (Lipinski definition) is 4. The monoisotopic (exact) mass is 953 g/mol. The normalized spacial score (nSPS) is 28.6. The fraction of sp³-hybridized carbons (Fsp3) is 0.674. The van der Waals surface area contributed by atoms with Crippen molar-refractivity contribution >= 4 is 75.1 Å². The molecule has 24 heteroatoms. The van der Waals surface area contributed by atoms with Crippen LogP contribution in [0.3, 0.4) is 0 Å². The van der Waals surface area contributed by atoms with Gasteiger partial charge in [0, 0.05) is 11.1 Å². The highest BCUT2D eigenvalue weighted by Gasteiger charge is 2.42. The Morgan fingerprint density at radius 3 is 1.24 bits per heavy atom. The largest absolute Gasteiger partial charge is 0.463 e. The average Bonchev–Trinajstić information content (AvgIpc) is 3.29. The highest BCUT2D eigenvalue weighted by atomic mass is 16.6. The van der Waals surface area contributed by atoms with Gasteiger partial charge in [-0.25, -0.2) is 19.2 Å². The molecule has 67 heavy (non-hydrogen) atoms. The van der Waals surface area contributed by atoms with Crippen LogP contribution in [-0.2, 0) is 76.3 Å². The highest BCUT2D eigenvalue weighted by molar-refractivity contribution is 6.57. The molecule has 3 heterocycles. The van der Waals surface area contributed by atoms with Crippen LogP contribution in [0, 0.1) is 17.8 Å². The van der Waals surface area contributed by atoms with Crippen molar-refractivity contribution in [3.63, 3.8) is 0 Å². The molecule has 0 aromatic carbocycles. The second kappa shape index (κ2) is 31.2. The molecule has 0 spiro atoms. The van der Waals surface area contributed by atoms with Gasteiger partial charge in [-0.15, -0.1) is 0 Å². The maximum Gasteiger partial charge on any atom is 0.333 e. The second-order valence-corrected chi connectivity index (χ2v) is 14.9. The van der Waals surface area contributed by atoms with Crippen LogP contribution in [0.1, 0.15) is 96.9 Å². The molecule has 12 atom stereocenters. The number of rotatable bonds is 9. The lowest BCUT2D eigenvalue weighted by Crippen LogP contribution is -2.46. The van der Waals surface area contributed by atoms with Gasteiger partial charge in [0.2, 0.25) is 15.7 Å². The van der Waals surface area contributed by atoms with E-state index in [9.17, 15) is 53.1 Å². The van der Waals surface area contributed by atoms with Crippen molar-refractivity contribution in [2.75, 3.05) is 19.8 Å². The third-order valence-corrected chi connectivity index (χ3v) is 9.62. The highest BCUT2D eigenvalue weighted by Crippen LogP contribution is 2.25. The van der Waals surface area contributed by atoms with Gasteiger partial charge >= 0.3 is 47.8 Å². The van der Waals surface area contributed by atoms with E-state index in [-0.39, 0.29) is 46.6 Å². The summed E-state index contributed by atoms with van der Waals surface area (Å²) in [6, 6.07) is -3.46. The number of hydrogen-bond acceptors (Lipinski definition) is 20. The number of cyclic esters (lactones) is 6. The molecule has 0 saturated carbocycles. The van der Waals surface area contributed by atoms with Crippen molar-refractivity contribution in [3.05, 3.63) is 24.3 Å². The summed E-state index contributed by atoms with van der Waals surface area (Å²) in [6.45, 7) is 18.5. The van der Waals surface area contributed by atoms with Gasteiger partial charge < -0.3 is 59.4 Å². The van der Waals surface area contributed by atoms with Crippen LogP contribution in [0.25, 0.3) is 0 Å². The molecule has 0 aromatic heterocycles. The molecule has 3 aliphatic rings. The number of carbonyl (C=O) groups excluding carboxylic acids is 10. The Labute approximate surface area is 395 Å². The van der Waals surface area contributed by atoms with E-state index in [0.717, 1.165) is 0 Å². The Balaban J connectivity index is -0.000000903. The summed E-state index contributed by atoms with van der Waals surface area (Å²) in [7, 11) is 9.90. The van der Waals surface area contributed by atoms with Gasteiger partial charge in [-0.3, -0.25) is 28.8 Å². The summed E-state index contributed by atoms with van der Waals surface area (Å²) >= 11 is 0. The Hall–Kier alpha value is -5.77. The maximum atomic E-state index is 12.2. The van der Waals surface area contributed by atoms with E-state index in [1.807, 2.05) is 0 Å². The molecule has 3 saturated heterocycles. The van der Waals surface area contributed by atoms with Crippen molar-refractivity contribution < 1.29 is 90.9 Å². The van der Waals surface area contributed by atoms with Crippen LogP contribution < -0.4 is 16.4 Å². The van der Waals surface area contributed by atoms with Gasteiger partial charge in [-0.1, -0.05) is 56.2 Å². The third-order valence-electron chi connectivity index (χ3n) is 9.62. The number of esters is 8. The molecule has 4 radical (unpaired) electrons. The molecular weight excluding hydrogens is 884 g/mol. The number of aliphatic hydroxyl groups is 1. The second-order valence-electron chi connectivity index (χ2n) is 14.9. The Morgan fingerprint density at radius 1 is 0.597 bits per heavy atom. The van der Waals surface area contributed by atoms with Crippen LogP contribution in [0.5, 0.6) is 0 Å². The molecule has 3 rings (SSSR count). The smallest absolute Gasteiger partial charge is 0.333 e. The van der Waals surface area contributed by atoms with E-state index in [2.05, 4.69) is 23.8 Å². The molecule has 3 aliphatic heterocycles. The molecule has 22 nitrogen and oxygen atoms in total. The van der Waals surface area contributed by atoms with Crippen molar-refractivity contribution in [1.82, 2.24) is 10.6 Å². The number of nitrogens with one attached hydrogen (secondary N) is 2. The van der Waals surface area contributed by atoms with Gasteiger partial charge in [0.15, 0.2) is 35.9 Å². The average molecular weight is 954 g/mol. The standard InChI is InChI=1S/C15H20BNO7.C14H21NO6.C11H16BNO6.3CH4/c1-5-9-11(24-12(18)7(2)3)8(4)23-14(20)10(17-15(16)21)6-22-13(9)19;1-5-9-11(21-12(16)7(2)3)8(4)20-14(18)10(15)6-19-13(9)17;1-3-6-8(14)5(2)19-10(16)7(13-11(12)17)4-18-9(6)15;;;/h8-11H,2,5-6H2,1,3-4H3,(H,17,21);8-11H,2,5-6,15H2,1,3-4H3;5-8,14H,3-4H2,1-2H3,(H,13,17);3*1H4/t2*8-,9+,10?,11-;5-,6+,7?,8-;;;/m000.../s1. The van der Waals surface area contributed by atoms with Gasteiger partial charge in [-0.2, -0.15) is 0 Å². The zero-order chi connectivity index (χ0) is 49.2. The fourth-order valence-electron chi connectivity index (χ4n) is 5.98. The molecule has 376 valence electrons. The number of ether oxygens (including phenoxy) is 8. The lowest BCUT2D eigenvalue weighted by atomic mass is 9.95. The number of amides is 2. The number of aliphatic hydroxyl groups excluding tert-OH is 1. The maximum absolute atomic E-state index is 12.2. The van der Waals surface area contributed by atoms with Crippen LogP contribution in [0.4, 0.5) is 9.59 Å². The molecule has 0 aromatic rings. The SMILES string of the molecule is C.C.C.C=C(C)C(=O)O[C@H]1[C@H](C)OC(=O)C(N)COC(=O)[C@@H]1CC.[B]C(=O)NC1COC(=O)[C@H](CC)[C@@H](O)[C@H](C)OC1=O.[B]C(=O)NC1COC(=O)[C@H](CC)[C@@H](OC(=O)C(=C)C)[C@H](C)OC1=O. The summed E-state index contributed by atoms with van der Waals surface area (Å²) in [5.41, 5.74) is 5.88. The molecule has 2 amide bonds. The summed E-state index contributed by atoms with van der Waals surface area (Å²) < 4.78 is 40.8. The zero-order valence-electron chi connectivity index (χ0n) is 37.1. The van der Waals surface area contributed by atoms with E-state index in [4.69, 9.17) is 59.3 Å². The molecule has 0 aliphatic carbocycles. The van der Waals surface area contributed by atoms with Crippen LogP contribution in [0.2, 0.25) is 0 Å². The topological polar surface area (TPSA) is 315 Å². The predicted molar refractivity (Wildman–Crippen MR) is 241 cm³/mol. The van der Waals surface area contributed by atoms with E-state index in [0.29, 0.717) is 19.3 Å². The molecule has 5 N–H and O–H groups in total. The summed E-state index contributed by atoms with van der Waals surface area (Å²) in [5.74, 6) is -9.85. The van der Waals surface area contributed by atoms with E-state index < -0.39 is 138 Å². The van der Waals surface area contributed by atoms with Gasteiger partial charge in [0.1, 0.15) is 50.3 Å². The predicted octanol–water partition coefficient (Wildman–Crippen LogP) is 1.57. The first kappa shape index (κ1) is 65.5. The van der Waals surface area contributed by atoms with Crippen molar-refractivity contribution in [3.8, 4) is 0 Å². The van der Waals surface area contributed by atoms with Gasteiger partial charge in [0.05, 0.1) is 17.8 Å². The van der Waals surface area contributed by atoms with E-state index in [1.54, 1.807) is 27.7 Å². The quantitative estimate of drug-likeness (QED) is 0.110. The van der Waals surface area contributed by atoms with Crippen LogP contribution in [-0.4, -0.2) is 155 Å². The molecular formula is C43H69B2N3O19. The number of nitrogens with two attached hydrogens (primary N) is 1. The number of carbonyl (C=O) groups is 10. The Bertz CT molecular complexity index is 1760. The van der Waals surface area contributed by atoms with E-state index in [1.165, 1.54) is 27.7 Å². The lowest BCUT2D eigenvalue weighted by Gasteiger charge is -2.28. The fourth-order valence-corrected chi connectivity index (χ4v) is 5.98. The minimum absolute atomic E-state index is 0. The van der Waals surface area contributed by atoms with Gasteiger partial charge in [-0.05, 0) is 53.9 Å². The first-order valence-corrected chi connectivity index (χ1v) is 20.2. The van der Waals surface area contributed by atoms with Crippen LogP contribution in [0.15, 0.2) is 24.3 Å². The lowest BCUT2D eigenvalue weighted by molar-refractivity contribution is -0.172. The Kier molecular flexibility index (Phi) is 30.6. The van der Waals surface area contributed by atoms with Crippen molar-refractivity contribution in [2.24, 2.45) is 23.5 Å². The van der Waals surface area contributed by atoms with Gasteiger partial charge in [0.25, 0.3) is 0 Å². The Morgan fingerprint density at radius 2 is 0.910 bits per heavy atom. The summed E-state index contributed by atoms with van der Waals surface area (Å²) in [5, 5.41) is 14.2. The van der Waals surface area contributed by atoms with Crippen LogP contribution >= 0.6 is 0 Å². The summed E-state index contributed by atoms with van der Waals surface area (Å²) in [6.07, 6.45) is -4.78. The first-order valence-electron chi connectivity index (χ1n) is 20.2. The summed E-state index contributed by atoms with van der Waals surface area (Å²) in [4.78, 5) is 117. The molecule has 0 bridgehead atoms. The zero-order valence-corrected chi connectivity index (χ0v) is 37.1. The minimum Gasteiger partial charge on any atom is -0.463 e. The van der Waals surface area contributed by atoms with Crippen molar-refractivity contribution in [2.45, 2.75) is 152 Å². The van der Waals surface area contributed by atoms with Crippen molar-refractivity contribution in [1.29, 1.82) is 0 Å². The first-order chi connectivity index (χ1) is 29.8. The minimum atomic E-state index is -1.23.